The summed E-state index contributed by atoms with van der Waals surface area (Å²) in [5.74, 6) is -0.0135. The van der Waals surface area contributed by atoms with E-state index in [0.29, 0.717) is 11.6 Å². The van der Waals surface area contributed by atoms with Gasteiger partial charge in [-0.05, 0) is 43.6 Å². The van der Waals surface area contributed by atoms with Crippen LogP contribution in [0.1, 0.15) is 28.8 Å². The Morgan fingerprint density at radius 3 is 2.56 bits per heavy atom. The molecule has 3 rings (SSSR count). The Balaban J connectivity index is 1.59. The highest BCUT2D eigenvalue weighted by Gasteiger charge is 2.30. The Bertz CT molecular complexity index is 721. The molecule has 2 aromatic rings. The fourth-order valence-electron chi connectivity index (χ4n) is 2.75. The van der Waals surface area contributed by atoms with Gasteiger partial charge in [0.15, 0.2) is 5.13 Å². The molecule has 1 aromatic heterocycles. The molecule has 0 atom stereocenters. The molecule has 25 heavy (non-hydrogen) atoms. The third kappa shape index (κ3) is 4.79. The van der Waals surface area contributed by atoms with E-state index in [0.717, 1.165) is 48.5 Å². The Morgan fingerprint density at radius 2 is 1.92 bits per heavy atom. The van der Waals surface area contributed by atoms with Gasteiger partial charge in [-0.3, -0.25) is 4.79 Å². The molecule has 1 aromatic carbocycles. The summed E-state index contributed by atoms with van der Waals surface area (Å²) in [6, 6.07) is 5.10. The number of piperidine rings is 1. The first-order valence-electron chi connectivity index (χ1n) is 8.04. The van der Waals surface area contributed by atoms with E-state index in [9.17, 15) is 18.0 Å². The molecule has 0 unspecified atom stereocenters. The van der Waals surface area contributed by atoms with Crippen LogP contribution in [0, 0.1) is 5.92 Å². The average Bonchev–Trinajstić information content (AvgIpc) is 3.02. The summed E-state index contributed by atoms with van der Waals surface area (Å²) in [7, 11) is 0. The zero-order chi connectivity index (χ0) is 17.9. The van der Waals surface area contributed by atoms with Crippen LogP contribution in [0.5, 0.6) is 0 Å². The van der Waals surface area contributed by atoms with Crippen LogP contribution in [0.3, 0.4) is 0 Å². The van der Waals surface area contributed by atoms with Crippen molar-refractivity contribution in [2.24, 2.45) is 5.92 Å². The van der Waals surface area contributed by atoms with Gasteiger partial charge in [0.05, 0.1) is 5.56 Å². The number of carbonyl (C=O) groups excluding carboxylic acids is 1. The molecule has 1 aliphatic rings. The molecule has 8 heteroatoms. The van der Waals surface area contributed by atoms with Crippen LogP contribution in [0.25, 0.3) is 0 Å². The Hall–Kier alpha value is -1.93. The lowest BCUT2D eigenvalue weighted by Gasteiger charge is -2.20. The number of amides is 1. The number of alkyl halides is 3. The number of anilines is 1. The second kappa shape index (κ2) is 7.53. The van der Waals surface area contributed by atoms with Gasteiger partial charge in [0.2, 0.25) is 5.91 Å². The number of carbonyl (C=O) groups is 1. The smallest absolute Gasteiger partial charge is 0.317 e. The SMILES string of the molecule is O=C(Nc1ncc(Cc2ccc(C(F)(F)F)cc2)s1)C1CCNCC1. The summed E-state index contributed by atoms with van der Waals surface area (Å²) < 4.78 is 37.7. The molecule has 134 valence electrons. The second-order valence-electron chi connectivity index (χ2n) is 6.02. The number of nitrogens with one attached hydrogen (secondary N) is 2. The number of rotatable bonds is 4. The molecule has 0 radical (unpaired) electrons. The predicted octanol–water partition coefficient (Wildman–Crippen LogP) is 3.69. The van der Waals surface area contributed by atoms with E-state index >= 15 is 0 Å². The Kier molecular flexibility index (Phi) is 5.39. The standard InChI is InChI=1S/C17H18F3N3OS/c18-17(19,20)13-3-1-11(2-4-13)9-14-10-22-16(25-14)23-15(24)12-5-7-21-8-6-12/h1-4,10,12,21H,5-9H2,(H,22,23,24). The normalized spacial score (nSPS) is 16.0. The van der Waals surface area contributed by atoms with Gasteiger partial charge in [-0.1, -0.05) is 12.1 Å². The van der Waals surface area contributed by atoms with Crippen molar-refractivity contribution in [1.82, 2.24) is 10.3 Å². The molecular weight excluding hydrogens is 351 g/mol. The topological polar surface area (TPSA) is 54.0 Å². The maximum atomic E-state index is 12.6. The molecule has 1 amide bonds. The monoisotopic (exact) mass is 369 g/mol. The highest BCUT2D eigenvalue weighted by atomic mass is 32.1. The van der Waals surface area contributed by atoms with E-state index in [1.807, 2.05) is 0 Å². The summed E-state index contributed by atoms with van der Waals surface area (Å²) in [4.78, 5) is 17.3. The van der Waals surface area contributed by atoms with Gasteiger partial charge in [-0.2, -0.15) is 13.2 Å². The molecule has 0 spiro atoms. The zero-order valence-corrected chi connectivity index (χ0v) is 14.2. The van der Waals surface area contributed by atoms with Gasteiger partial charge in [0.1, 0.15) is 0 Å². The zero-order valence-electron chi connectivity index (χ0n) is 13.4. The van der Waals surface area contributed by atoms with Crippen LogP contribution >= 0.6 is 11.3 Å². The molecule has 1 aliphatic heterocycles. The summed E-state index contributed by atoms with van der Waals surface area (Å²) >= 11 is 1.35. The van der Waals surface area contributed by atoms with Crippen molar-refractivity contribution in [2.75, 3.05) is 18.4 Å². The van der Waals surface area contributed by atoms with Gasteiger partial charge in [0.25, 0.3) is 0 Å². The Morgan fingerprint density at radius 1 is 1.24 bits per heavy atom. The highest BCUT2D eigenvalue weighted by Crippen LogP contribution is 2.30. The van der Waals surface area contributed by atoms with Crippen molar-refractivity contribution >= 4 is 22.4 Å². The van der Waals surface area contributed by atoms with E-state index in [1.54, 1.807) is 6.20 Å². The number of hydrogen-bond donors (Lipinski definition) is 2. The van der Waals surface area contributed by atoms with E-state index < -0.39 is 11.7 Å². The van der Waals surface area contributed by atoms with E-state index in [4.69, 9.17) is 0 Å². The predicted molar refractivity (Wildman–Crippen MR) is 90.6 cm³/mol. The van der Waals surface area contributed by atoms with Crippen LogP contribution in [0.4, 0.5) is 18.3 Å². The van der Waals surface area contributed by atoms with Crippen molar-refractivity contribution < 1.29 is 18.0 Å². The lowest BCUT2D eigenvalue weighted by atomic mass is 9.97. The quantitative estimate of drug-likeness (QED) is 0.864. The third-order valence-electron chi connectivity index (χ3n) is 4.15. The van der Waals surface area contributed by atoms with E-state index in [2.05, 4.69) is 15.6 Å². The van der Waals surface area contributed by atoms with Crippen molar-refractivity contribution in [1.29, 1.82) is 0 Å². The number of benzene rings is 1. The minimum Gasteiger partial charge on any atom is -0.317 e. The first kappa shape index (κ1) is 17.9. The minimum absolute atomic E-state index is 0.00325. The second-order valence-corrected chi connectivity index (χ2v) is 7.13. The van der Waals surface area contributed by atoms with Crippen LogP contribution in [0.15, 0.2) is 30.5 Å². The fourth-order valence-corrected chi connectivity index (χ4v) is 3.60. The number of thiazole rings is 1. The third-order valence-corrected chi connectivity index (χ3v) is 5.07. The number of hydrogen-bond acceptors (Lipinski definition) is 4. The minimum atomic E-state index is -4.32. The summed E-state index contributed by atoms with van der Waals surface area (Å²) in [6.07, 6.45) is -0.556. The highest BCUT2D eigenvalue weighted by molar-refractivity contribution is 7.15. The molecule has 1 fully saturated rings. The molecule has 0 saturated carbocycles. The molecule has 4 nitrogen and oxygen atoms in total. The summed E-state index contributed by atoms with van der Waals surface area (Å²) in [5, 5.41) is 6.59. The largest absolute Gasteiger partial charge is 0.416 e. The first-order chi connectivity index (χ1) is 11.9. The van der Waals surface area contributed by atoms with Crippen LogP contribution < -0.4 is 10.6 Å². The van der Waals surface area contributed by atoms with Gasteiger partial charge in [-0.25, -0.2) is 4.98 Å². The molecule has 2 N–H and O–H groups in total. The Labute approximate surface area is 147 Å². The van der Waals surface area contributed by atoms with Gasteiger partial charge in [-0.15, -0.1) is 11.3 Å². The van der Waals surface area contributed by atoms with Crippen molar-refractivity contribution in [3.63, 3.8) is 0 Å². The molecule has 0 aliphatic carbocycles. The fraction of sp³-hybridized carbons (Fsp3) is 0.412. The van der Waals surface area contributed by atoms with E-state index in [1.165, 1.54) is 23.5 Å². The summed E-state index contributed by atoms with van der Waals surface area (Å²) in [5.41, 5.74) is 0.114. The molecule has 0 bridgehead atoms. The molecule has 2 heterocycles. The van der Waals surface area contributed by atoms with Crippen LogP contribution in [-0.2, 0) is 17.4 Å². The molecular formula is C17H18F3N3OS. The lowest BCUT2D eigenvalue weighted by molar-refractivity contribution is -0.137. The maximum absolute atomic E-state index is 12.6. The molecule has 1 saturated heterocycles. The maximum Gasteiger partial charge on any atom is 0.416 e. The van der Waals surface area contributed by atoms with Crippen molar-refractivity contribution in [2.45, 2.75) is 25.4 Å². The summed E-state index contributed by atoms with van der Waals surface area (Å²) in [6.45, 7) is 1.68. The van der Waals surface area contributed by atoms with Gasteiger partial charge >= 0.3 is 6.18 Å². The van der Waals surface area contributed by atoms with Gasteiger partial charge < -0.3 is 10.6 Å². The lowest BCUT2D eigenvalue weighted by Crippen LogP contribution is -2.34. The van der Waals surface area contributed by atoms with Crippen LogP contribution in [0.2, 0.25) is 0 Å². The number of halogens is 3. The van der Waals surface area contributed by atoms with Gasteiger partial charge in [0, 0.05) is 23.4 Å². The number of aromatic nitrogens is 1. The van der Waals surface area contributed by atoms with E-state index in [-0.39, 0.29) is 11.8 Å². The first-order valence-corrected chi connectivity index (χ1v) is 8.86. The number of nitrogens with zero attached hydrogens (tertiary/aromatic N) is 1. The van der Waals surface area contributed by atoms with Crippen molar-refractivity contribution in [3.05, 3.63) is 46.5 Å². The van der Waals surface area contributed by atoms with Crippen LogP contribution in [-0.4, -0.2) is 24.0 Å². The van der Waals surface area contributed by atoms with Crippen molar-refractivity contribution in [3.8, 4) is 0 Å². The average molecular weight is 369 g/mol.